The van der Waals surface area contributed by atoms with Crippen LogP contribution in [0, 0.1) is 5.92 Å². The molecule has 0 bridgehead atoms. The van der Waals surface area contributed by atoms with Gasteiger partial charge < -0.3 is 15.8 Å². The quantitative estimate of drug-likeness (QED) is 0.796. The third-order valence-electron chi connectivity index (χ3n) is 2.56. The molecule has 3 N–H and O–H groups in total. The third-order valence-corrected chi connectivity index (χ3v) is 2.80. The highest BCUT2D eigenvalue weighted by Gasteiger charge is 2.11. The van der Waals surface area contributed by atoms with Gasteiger partial charge in [0.15, 0.2) is 0 Å². The molecule has 1 atom stereocenters. The molecular formula is C13H19ClN2O2. The topological polar surface area (TPSA) is 64.3 Å². The Morgan fingerprint density at radius 1 is 1.56 bits per heavy atom. The zero-order valence-corrected chi connectivity index (χ0v) is 11.5. The van der Waals surface area contributed by atoms with Crippen molar-refractivity contribution >= 4 is 17.5 Å². The Labute approximate surface area is 112 Å². The molecule has 5 heteroatoms. The lowest BCUT2D eigenvalue weighted by Gasteiger charge is -2.14. The monoisotopic (exact) mass is 270 g/mol. The summed E-state index contributed by atoms with van der Waals surface area (Å²) in [6, 6.07) is 5.43. The number of ether oxygens (including phenoxy) is 1. The first-order valence-electron chi connectivity index (χ1n) is 5.95. The van der Waals surface area contributed by atoms with Crippen molar-refractivity contribution in [3.8, 4) is 5.75 Å². The van der Waals surface area contributed by atoms with E-state index in [1.807, 2.05) is 19.1 Å². The van der Waals surface area contributed by atoms with Crippen LogP contribution in [0.2, 0.25) is 5.02 Å². The number of nitrogens with two attached hydrogens (primary N) is 1. The summed E-state index contributed by atoms with van der Waals surface area (Å²) in [7, 11) is 0. The first kappa shape index (κ1) is 14.8. The van der Waals surface area contributed by atoms with E-state index in [9.17, 15) is 4.79 Å². The molecule has 1 rings (SSSR count). The van der Waals surface area contributed by atoms with Gasteiger partial charge in [0.05, 0.1) is 12.5 Å². The van der Waals surface area contributed by atoms with Gasteiger partial charge in [-0.3, -0.25) is 4.79 Å². The second-order valence-corrected chi connectivity index (χ2v) is 4.58. The summed E-state index contributed by atoms with van der Waals surface area (Å²) in [5.41, 5.74) is 6.16. The smallest absolute Gasteiger partial charge is 0.223 e. The Morgan fingerprint density at radius 3 is 2.89 bits per heavy atom. The molecule has 1 aromatic carbocycles. The molecule has 4 nitrogen and oxygen atoms in total. The van der Waals surface area contributed by atoms with Crippen molar-refractivity contribution in [2.24, 2.45) is 11.7 Å². The number of rotatable bonds is 7. The van der Waals surface area contributed by atoms with Crippen LogP contribution in [-0.2, 0) is 11.3 Å². The molecule has 0 aliphatic heterocycles. The van der Waals surface area contributed by atoms with Crippen LogP contribution in [0.5, 0.6) is 5.75 Å². The van der Waals surface area contributed by atoms with Crippen molar-refractivity contribution < 1.29 is 9.53 Å². The van der Waals surface area contributed by atoms with Gasteiger partial charge in [-0.1, -0.05) is 25.4 Å². The van der Waals surface area contributed by atoms with E-state index in [0.717, 1.165) is 17.9 Å². The van der Waals surface area contributed by atoms with Crippen LogP contribution in [0.1, 0.15) is 19.4 Å². The Bertz CT molecular complexity index is 410. The lowest BCUT2D eigenvalue weighted by Crippen LogP contribution is -2.26. The van der Waals surface area contributed by atoms with Crippen molar-refractivity contribution in [3.63, 3.8) is 0 Å². The predicted molar refractivity (Wildman–Crippen MR) is 72.7 cm³/mol. The maximum absolute atomic E-state index is 10.9. The van der Waals surface area contributed by atoms with E-state index in [0.29, 0.717) is 11.6 Å². The van der Waals surface area contributed by atoms with Gasteiger partial charge in [0.1, 0.15) is 5.75 Å². The van der Waals surface area contributed by atoms with Crippen molar-refractivity contribution in [2.75, 3.05) is 13.2 Å². The van der Waals surface area contributed by atoms with Crippen molar-refractivity contribution in [2.45, 2.75) is 20.4 Å². The fourth-order valence-electron chi connectivity index (χ4n) is 1.38. The number of carbonyl (C=O) groups excluding carboxylic acids is 1. The second kappa shape index (κ2) is 7.24. The van der Waals surface area contributed by atoms with E-state index in [2.05, 4.69) is 5.32 Å². The third kappa shape index (κ3) is 4.55. The molecule has 0 aliphatic rings. The lowest BCUT2D eigenvalue weighted by molar-refractivity contribution is -0.122. The van der Waals surface area contributed by atoms with E-state index in [1.165, 1.54) is 0 Å². The van der Waals surface area contributed by atoms with Gasteiger partial charge in [0, 0.05) is 17.1 Å². The van der Waals surface area contributed by atoms with Crippen LogP contribution in [-0.4, -0.2) is 19.1 Å². The molecular weight excluding hydrogens is 252 g/mol. The number of amides is 1. The number of halogens is 1. The van der Waals surface area contributed by atoms with Gasteiger partial charge in [-0.15, -0.1) is 0 Å². The van der Waals surface area contributed by atoms with E-state index >= 15 is 0 Å². The van der Waals surface area contributed by atoms with Gasteiger partial charge in [-0.25, -0.2) is 0 Å². The van der Waals surface area contributed by atoms with Crippen LogP contribution in [0.15, 0.2) is 18.2 Å². The lowest BCUT2D eigenvalue weighted by atomic mass is 10.1. The largest absolute Gasteiger partial charge is 0.492 e. The van der Waals surface area contributed by atoms with Crippen LogP contribution in [0.4, 0.5) is 0 Å². The van der Waals surface area contributed by atoms with E-state index in [4.69, 9.17) is 22.1 Å². The summed E-state index contributed by atoms with van der Waals surface area (Å²) < 4.78 is 5.61. The van der Waals surface area contributed by atoms with Gasteiger partial charge >= 0.3 is 0 Å². The summed E-state index contributed by atoms with van der Waals surface area (Å²) in [6.07, 6.45) is 0. The first-order valence-corrected chi connectivity index (χ1v) is 6.33. The van der Waals surface area contributed by atoms with E-state index in [-0.39, 0.29) is 18.4 Å². The highest BCUT2D eigenvalue weighted by atomic mass is 35.5. The summed E-state index contributed by atoms with van der Waals surface area (Å²) in [6.45, 7) is 5.58. The van der Waals surface area contributed by atoms with Crippen molar-refractivity contribution in [1.82, 2.24) is 5.32 Å². The average molecular weight is 271 g/mol. The minimum atomic E-state index is -0.364. The maximum atomic E-state index is 10.9. The standard InChI is InChI=1S/C13H19ClN2O2/c1-3-16-7-10-6-11(14)4-5-12(10)18-8-9(2)13(15)17/h4-6,9,16H,3,7-8H2,1-2H3,(H2,15,17). The number of primary amides is 1. The van der Waals surface area contributed by atoms with Crippen molar-refractivity contribution in [1.29, 1.82) is 0 Å². The number of hydrogen-bond acceptors (Lipinski definition) is 3. The highest BCUT2D eigenvalue weighted by Crippen LogP contribution is 2.23. The molecule has 0 radical (unpaired) electrons. The summed E-state index contributed by atoms with van der Waals surface area (Å²) in [4.78, 5) is 10.9. The maximum Gasteiger partial charge on any atom is 0.223 e. The molecule has 0 aliphatic carbocycles. The number of hydrogen-bond donors (Lipinski definition) is 2. The summed E-state index contributed by atoms with van der Waals surface area (Å²) >= 11 is 5.95. The minimum Gasteiger partial charge on any atom is -0.492 e. The Kier molecular flexibility index (Phi) is 5.95. The number of benzene rings is 1. The number of nitrogens with one attached hydrogen (secondary N) is 1. The molecule has 0 saturated carbocycles. The Morgan fingerprint density at radius 2 is 2.28 bits per heavy atom. The first-order chi connectivity index (χ1) is 8.54. The van der Waals surface area contributed by atoms with Gasteiger partial charge in [0.2, 0.25) is 5.91 Å². The summed E-state index contributed by atoms with van der Waals surface area (Å²) in [5, 5.41) is 3.88. The molecule has 0 heterocycles. The van der Waals surface area contributed by atoms with Gasteiger partial charge in [-0.2, -0.15) is 0 Å². The summed E-state index contributed by atoms with van der Waals surface area (Å²) in [5.74, 6) is 0.0540. The van der Waals surface area contributed by atoms with Crippen molar-refractivity contribution in [3.05, 3.63) is 28.8 Å². The second-order valence-electron chi connectivity index (χ2n) is 4.15. The highest BCUT2D eigenvalue weighted by molar-refractivity contribution is 6.30. The Hall–Kier alpha value is -1.26. The van der Waals surface area contributed by atoms with Crippen LogP contribution in [0.3, 0.4) is 0 Å². The average Bonchev–Trinajstić information content (AvgIpc) is 2.34. The molecule has 0 fully saturated rings. The molecule has 18 heavy (non-hydrogen) atoms. The zero-order valence-electron chi connectivity index (χ0n) is 10.7. The normalized spacial score (nSPS) is 12.2. The molecule has 1 amide bonds. The molecule has 0 spiro atoms. The number of carbonyl (C=O) groups is 1. The molecule has 0 saturated heterocycles. The van der Waals surface area contributed by atoms with Gasteiger partial charge in [-0.05, 0) is 24.7 Å². The van der Waals surface area contributed by atoms with Gasteiger partial charge in [0.25, 0.3) is 0 Å². The zero-order chi connectivity index (χ0) is 13.5. The molecule has 0 aromatic heterocycles. The Balaban J connectivity index is 2.71. The predicted octanol–water partition coefficient (Wildman–Crippen LogP) is 1.95. The van der Waals surface area contributed by atoms with E-state index < -0.39 is 0 Å². The molecule has 1 aromatic rings. The minimum absolute atomic E-state index is 0.274. The van der Waals surface area contributed by atoms with Crippen LogP contribution in [0.25, 0.3) is 0 Å². The van der Waals surface area contributed by atoms with Crippen LogP contribution >= 0.6 is 11.6 Å². The SMILES string of the molecule is CCNCc1cc(Cl)ccc1OCC(C)C(N)=O. The fourth-order valence-corrected chi connectivity index (χ4v) is 1.58. The van der Waals surface area contributed by atoms with Crippen LogP contribution < -0.4 is 15.8 Å². The molecule has 100 valence electrons. The molecule has 1 unspecified atom stereocenters. The fraction of sp³-hybridized carbons (Fsp3) is 0.462. The van der Waals surface area contributed by atoms with E-state index in [1.54, 1.807) is 13.0 Å².